The van der Waals surface area contributed by atoms with E-state index >= 15 is 4.39 Å². The number of piperazine rings is 1. The second kappa shape index (κ2) is 12.1. The molecule has 4 heterocycles. The molecule has 0 spiro atoms. The van der Waals surface area contributed by atoms with Gasteiger partial charge < -0.3 is 24.8 Å². The Hall–Kier alpha value is -4.87. The quantitative estimate of drug-likeness (QED) is 0.283. The van der Waals surface area contributed by atoms with Crippen LogP contribution in [0.15, 0.2) is 76.7 Å². The molecule has 0 bridgehead atoms. The Labute approximate surface area is 266 Å². The number of aliphatic hydroxyl groups is 1. The molecule has 0 aliphatic carbocycles. The highest BCUT2D eigenvalue weighted by Gasteiger charge is 2.21. The molecule has 0 radical (unpaired) electrons. The number of likely N-dealkylation sites (N-methyl/N-ethyl adjacent to an activating group) is 1. The molecule has 3 aromatic heterocycles. The van der Waals surface area contributed by atoms with Crippen LogP contribution >= 0.6 is 0 Å². The second-order valence-corrected chi connectivity index (χ2v) is 12.9. The van der Waals surface area contributed by atoms with Crippen LogP contribution in [0, 0.1) is 5.82 Å². The summed E-state index contributed by atoms with van der Waals surface area (Å²) >= 11 is 0. The number of aromatic nitrogens is 4. The SMILES string of the molecule is CN1CCN(c2ccc(Nc3cc(-c4cccc(-n5ncc6cc(C(C)(C)C)cc(F)c6c5=O)c4[14CH2]O)cn(C)c3=O)nc2)CC1. The number of hydrogen-bond acceptors (Lipinski definition) is 8. The number of pyridine rings is 2. The fraction of sp³-hybridized carbons (Fsp3) is 0.314. The number of aryl methyl sites for hydroxylation is 1. The topological polar surface area (TPSA) is 109 Å². The number of nitrogens with one attached hydrogen (secondary N) is 1. The Morgan fingerprint density at radius 3 is 2.39 bits per heavy atom. The smallest absolute Gasteiger partial charge is 0.282 e. The minimum Gasteiger partial charge on any atom is -0.392 e. The summed E-state index contributed by atoms with van der Waals surface area (Å²) in [6.45, 7) is 9.32. The summed E-state index contributed by atoms with van der Waals surface area (Å²) in [5, 5.41) is 18.4. The Bertz CT molecular complexity index is 2040. The number of hydrogen-bond donors (Lipinski definition) is 2. The van der Waals surface area contributed by atoms with E-state index in [4.69, 9.17) is 0 Å². The molecule has 5 aromatic rings. The lowest BCUT2D eigenvalue weighted by Crippen LogP contribution is -2.44. The van der Waals surface area contributed by atoms with Gasteiger partial charge in [0.2, 0.25) is 0 Å². The molecule has 0 amide bonds. The number of anilines is 3. The minimum absolute atomic E-state index is 0.0722. The lowest BCUT2D eigenvalue weighted by atomic mass is 9.86. The molecule has 1 fully saturated rings. The molecule has 0 atom stereocenters. The monoisotopic (exact) mass is 625 g/mol. The van der Waals surface area contributed by atoms with Crippen LogP contribution in [0.2, 0.25) is 0 Å². The Balaban J connectivity index is 1.36. The highest BCUT2D eigenvalue weighted by Crippen LogP contribution is 2.31. The van der Waals surface area contributed by atoms with Gasteiger partial charge in [0.05, 0.1) is 35.8 Å². The van der Waals surface area contributed by atoms with E-state index in [9.17, 15) is 14.7 Å². The summed E-state index contributed by atoms with van der Waals surface area (Å²) in [6.07, 6.45) is 4.94. The summed E-state index contributed by atoms with van der Waals surface area (Å²) < 4.78 is 17.9. The van der Waals surface area contributed by atoms with Crippen molar-refractivity contribution in [2.45, 2.75) is 32.8 Å². The van der Waals surface area contributed by atoms with Crippen molar-refractivity contribution in [3.63, 3.8) is 0 Å². The second-order valence-electron chi connectivity index (χ2n) is 12.9. The van der Waals surface area contributed by atoms with Gasteiger partial charge in [-0.25, -0.2) is 9.37 Å². The van der Waals surface area contributed by atoms with Crippen LogP contribution < -0.4 is 21.3 Å². The lowest BCUT2D eigenvalue weighted by molar-refractivity contribution is 0.282. The first-order valence-corrected chi connectivity index (χ1v) is 15.3. The van der Waals surface area contributed by atoms with E-state index in [2.05, 4.69) is 32.2 Å². The molecule has 6 rings (SSSR count). The molecule has 238 valence electrons. The normalized spacial score (nSPS) is 14.2. The molecular formula is C35H38FN7O3. The average Bonchev–Trinajstić information content (AvgIpc) is 3.03. The molecule has 11 heteroatoms. The summed E-state index contributed by atoms with van der Waals surface area (Å²) in [6, 6.07) is 13.9. The van der Waals surface area contributed by atoms with Gasteiger partial charge in [-0.1, -0.05) is 32.9 Å². The van der Waals surface area contributed by atoms with Gasteiger partial charge in [0, 0.05) is 55.9 Å². The maximum absolute atomic E-state index is 15.4. The predicted octanol–water partition coefficient (Wildman–Crippen LogP) is 4.57. The van der Waals surface area contributed by atoms with E-state index in [0.29, 0.717) is 39.3 Å². The van der Waals surface area contributed by atoms with Crippen molar-refractivity contribution in [2.75, 3.05) is 43.4 Å². The fourth-order valence-electron chi connectivity index (χ4n) is 5.85. The molecule has 1 aliphatic rings. The molecule has 1 saturated heterocycles. The van der Waals surface area contributed by atoms with Crippen molar-refractivity contribution < 1.29 is 9.50 Å². The number of nitrogens with zero attached hydrogens (tertiary/aromatic N) is 6. The molecule has 10 nitrogen and oxygen atoms in total. The molecule has 0 unspecified atom stereocenters. The maximum atomic E-state index is 15.4. The number of halogens is 1. The first-order chi connectivity index (χ1) is 21.9. The van der Waals surface area contributed by atoms with Crippen LogP contribution in [0.1, 0.15) is 31.9 Å². The predicted molar refractivity (Wildman–Crippen MR) is 180 cm³/mol. The van der Waals surface area contributed by atoms with Crippen molar-refractivity contribution >= 4 is 28.0 Å². The van der Waals surface area contributed by atoms with Gasteiger partial charge >= 0.3 is 0 Å². The van der Waals surface area contributed by atoms with Crippen molar-refractivity contribution in [3.05, 3.63) is 105 Å². The molecule has 2 N–H and O–H groups in total. The maximum Gasteiger partial charge on any atom is 0.282 e. The van der Waals surface area contributed by atoms with Crippen LogP contribution in [0.25, 0.3) is 27.6 Å². The lowest BCUT2D eigenvalue weighted by Gasteiger charge is -2.33. The van der Waals surface area contributed by atoms with E-state index in [0.717, 1.165) is 42.1 Å². The van der Waals surface area contributed by atoms with E-state index < -0.39 is 18.0 Å². The first kappa shape index (κ1) is 31.1. The molecule has 0 saturated carbocycles. The van der Waals surface area contributed by atoms with Gasteiger partial charge in [0.15, 0.2) is 0 Å². The van der Waals surface area contributed by atoms with Gasteiger partial charge in [0.1, 0.15) is 17.3 Å². The van der Waals surface area contributed by atoms with Crippen LogP contribution in [-0.4, -0.2) is 62.6 Å². The number of fused-ring (bicyclic) bond motifs is 1. The standard InChI is InChI=1S/C35H38FN7O3/c1-35(2,3)24-15-22-18-38-43(34(46)32(22)28(36)17-24)30-8-6-7-26(27(30)21-44)23-16-29(33(45)41(5)20-23)39-31-10-9-25(19-37-31)42-13-11-40(4)12-14-42/h6-10,15-20,44H,11-14,21H2,1-5H3,(H,37,39)/i21+2. The van der Waals surface area contributed by atoms with E-state index in [1.807, 2.05) is 32.9 Å². The highest BCUT2D eigenvalue weighted by molar-refractivity contribution is 5.83. The minimum atomic E-state index is -0.628. The zero-order valence-electron chi connectivity index (χ0n) is 26.7. The van der Waals surface area contributed by atoms with Crippen molar-refractivity contribution in [1.29, 1.82) is 0 Å². The zero-order valence-corrected chi connectivity index (χ0v) is 26.7. The summed E-state index contributed by atoms with van der Waals surface area (Å²) in [7, 11) is 3.76. The Morgan fingerprint density at radius 2 is 1.72 bits per heavy atom. The number of aliphatic hydroxyl groups excluding tert-OH is 1. The number of rotatable bonds is 6. The zero-order chi connectivity index (χ0) is 32.7. The molecule has 2 aromatic carbocycles. The van der Waals surface area contributed by atoms with Gasteiger partial charge in [-0.3, -0.25) is 9.59 Å². The Kier molecular flexibility index (Phi) is 8.22. The molecule has 46 heavy (non-hydrogen) atoms. The van der Waals surface area contributed by atoms with Crippen LogP contribution in [0.3, 0.4) is 0 Å². The van der Waals surface area contributed by atoms with Crippen LogP contribution in [0.4, 0.5) is 21.6 Å². The largest absolute Gasteiger partial charge is 0.392 e. The first-order valence-electron chi connectivity index (χ1n) is 15.3. The highest BCUT2D eigenvalue weighted by atomic mass is 19.1. The van der Waals surface area contributed by atoms with Crippen LogP contribution in [0.5, 0.6) is 0 Å². The van der Waals surface area contributed by atoms with Gasteiger partial charge in [-0.05, 0) is 60.0 Å². The van der Waals surface area contributed by atoms with E-state index in [1.165, 1.54) is 16.8 Å². The van der Waals surface area contributed by atoms with Crippen LogP contribution in [-0.2, 0) is 19.1 Å². The van der Waals surface area contributed by atoms with Crippen molar-refractivity contribution in [1.82, 2.24) is 24.2 Å². The van der Waals surface area contributed by atoms with Gasteiger partial charge in [-0.2, -0.15) is 9.78 Å². The average molecular weight is 626 g/mol. The van der Waals surface area contributed by atoms with Gasteiger partial charge in [-0.15, -0.1) is 0 Å². The van der Waals surface area contributed by atoms with Crippen molar-refractivity contribution in [2.24, 2.45) is 7.05 Å². The van der Waals surface area contributed by atoms with Crippen molar-refractivity contribution in [3.8, 4) is 16.8 Å². The van der Waals surface area contributed by atoms with E-state index in [-0.39, 0.29) is 16.4 Å². The molecule has 1 aliphatic heterocycles. The summed E-state index contributed by atoms with van der Waals surface area (Å²) in [5.74, 6) is -0.101. The van der Waals surface area contributed by atoms with E-state index in [1.54, 1.807) is 49.8 Å². The third-order valence-electron chi connectivity index (χ3n) is 8.62. The molecular weight excluding hydrogens is 587 g/mol. The van der Waals surface area contributed by atoms with Gasteiger partial charge in [0.25, 0.3) is 11.1 Å². The summed E-state index contributed by atoms with van der Waals surface area (Å²) in [5.41, 5.74) is 2.82. The third-order valence-corrected chi connectivity index (χ3v) is 8.62. The fourth-order valence-corrected chi connectivity index (χ4v) is 5.85. The number of benzene rings is 2. The Morgan fingerprint density at radius 1 is 0.957 bits per heavy atom. The third kappa shape index (κ3) is 5.91. The summed E-state index contributed by atoms with van der Waals surface area (Å²) in [4.78, 5) is 35.9.